The minimum Gasteiger partial charge on any atom is -0.475 e. The third-order valence-corrected chi connectivity index (χ3v) is 13.6. The summed E-state index contributed by atoms with van der Waals surface area (Å²) in [5, 5.41) is 7.97. The standard InChI is InChI=1S/C43H46N6O4S/c1-29-21-22-31-23-30-13-12-20-37(30)40(39(29)31)45-42(50)46-54(51,38-24-44-49-25-35(28-53-41(38)49)48-26-36(27-48)52-2)47-43(32-14-6-3-7-15-32,33-16-8-4-9-17-33)34-18-10-5-11-19-34/h3-11,14-19,23-24,29,35-36H,12-13,20-22,25-28H2,1-2H3,(H2,45,46,47,50,51)/t29?,35-,54?/m0/s1. The van der Waals surface area contributed by atoms with E-state index >= 15 is 4.21 Å². The molecule has 5 aromatic rings. The molecular weight excluding hydrogens is 697 g/mol. The number of hydrogen-bond donors (Lipinski definition) is 2. The van der Waals surface area contributed by atoms with Gasteiger partial charge in [0.25, 0.3) is 0 Å². The topological polar surface area (TPSA) is 110 Å². The first-order chi connectivity index (χ1) is 26.4. The van der Waals surface area contributed by atoms with Crippen LogP contribution in [0.15, 0.2) is 113 Å². The molecule has 9 rings (SSSR count). The molecule has 1 saturated heterocycles. The molecular formula is C43H46N6O4S. The van der Waals surface area contributed by atoms with Gasteiger partial charge in [0.2, 0.25) is 5.88 Å². The smallest absolute Gasteiger partial charge is 0.331 e. The van der Waals surface area contributed by atoms with Gasteiger partial charge in [0.1, 0.15) is 17.0 Å². The van der Waals surface area contributed by atoms with Crippen LogP contribution >= 0.6 is 0 Å². The van der Waals surface area contributed by atoms with Crippen LogP contribution < -0.4 is 14.8 Å². The first-order valence-electron chi connectivity index (χ1n) is 19.0. The van der Waals surface area contributed by atoms with Crippen LogP contribution in [0.5, 0.6) is 5.88 Å². The van der Waals surface area contributed by atoms with Gasteiger partial charge in [0.05, 0.1) is 24.9 Å². The molecule has 0 spiro atoms. The Labute approximate surface area is 317 Å². The van der Waals surface area contributed by atoms with Crippen LogP contribution in [0, 0.1) is 0 Å². The van der Waals surface area contributed by atoms with E-state index in [0.29, 0.717) is 24.9 Å². The van der Waals surface area contributed by atoms with Crippen molar-refractivity contribution in [2.45, 2.75) is 74.1 Å². The second-order valence-electron chi connectivity index (χ2n) is 15.0. The number of carbonyl (C=O) groups is 1. The van der Waals surface area contributed by atoms with Crippen molar-refractivity contribution < 1.29 is 18.5 Å². The van der Waals surface area contributed by atoms with Crippen molar-refractivity contribution in [1.82, 2.24) is 19.4 Å². The molecule has 54 heavy (non-hydrogen) atoms. The average Bonchev–Trinajstić information content (AvgIpc) is 3.93. The summed E-state index contributed by atoms with van der Waals surface area (Å²) in [5.41, 5.74) is 6.96. The molecule has 2 unspecified atom stereocenters. The quantitative estimate of drug-likeness (QED) is 0.157. The highest BCUT2D eigenvalue weighted by molar-refractivity contribution is 7.92. The minimum absolute atomic E-state index is 0.0854. The van der Waals surface area contributed by atoms with E-state index in [2.05, 4.69) is 27.9 Å². The maximum atomic E-state index is 16.3. The second-order valence-corrected chi connectivity index (χ2v) is 16.9. The number of ether oxygens (including phenoxy) is 2. The number of carbonyl (C=O) groups excluding carboxylic acids is 1. The number of nitrogens with zero attached hydrogens (tertiary/aromatic N) is 4. The van der Waals surface area contributed by atoms with E-state index in [1.165, 1.54) is 22.3 Å². The van der Waals surface area contributed by atoms with Crippen LogP contribution in [0.3, 0.4) is 0 Å². The van der Waals surface area contributed by atoms with Crippen LogP contribution in [-0.4, -0.2) is 63.9 Å². The van der Waals surface area contributed by atoms with Crippen LogP contribution in [-0.2, 0) is 46.0 Å². The zero-order chi connectivity index (χ0) is 36.9. The van der Waals surface area contributed by atoms with E-state index in [1.807, 2.05) is 91.0 Å². The van der Waals surface area contributed by atoms with Gasteiger partial charge in [-0.25, -0.2) is 18.4 Å². The second kappa shape index (κ2) is 14.0. The van der Waals surface area contributed by atoms with Gasteiger partial charge in [-0.3, -0.25) is 4.90 Å². The van der Waals surface area contributed by atoms with Gasteiger partial charge in [-0.1, -0.05) is 104 Å². The van der Waals surface area contributed by atoms with Gasteiger partial charge >= 0.3 is 6.03 Å². The highest BCUT2D eigenvalue weighted by atomic mass is 32.2. The van der Waals surface area contributed by atoms with Gasteiger partial charge in [-0.2, -0.15) is 9.46 Å². The van der Waals surface area contributed by atoms with E-state index < -0.39 is 21.5 Å². The molecule has 2 aliphatic carbocycles. The summed E-state index contributed by atoms with van der Waals surface area (Å²) in [6.07, 6.45) is 6.74. The number of rotatable bonds is 9. The molecule has 278 valence electrons. The predicted molar refractivity (Wildman–Crippen MR) is 209 cm³/mol. The fourth-order valence-corrected chi connectivity index (χ4v) is 10.8. The summed E-state index contributed by atoms with van der Waals surface area (Å²) >= 11 is 0. The van der Waals surface area contributed by atoms with Gasteiger partial charge in [0, 0.05) is 25.9 Å². The maximum Gasteiger partial charge on any atom is 0.331 e. The maximum absolute atomic E-state index is 16.3. The molecule has 4 aromatic carbocycles. The number of aryl methyl sites for hydroxylation is 2. The molecule has 1 fully saturated rings. The monoisotopic (exact) mass is 742 g/mol. The van der Waals surface area contributed by atoms with E-state index in [4.69, 9.17) is 18.9 Å². The molecule has 2 aliphatic heterocycles. The van der Waals surface area contributed by atoms with Crippen LogP contribution in [0.25, 0.3) is 0 Å². The minimum atomic E-state index is -3.85. The normalized spacial score (nSPS) is 20.5. The number of nitrogens with one attached hydrogen (secondary N) is 2. The van der Waals surface area contributed by atoms with Crippen molar-refractivity contribution in [2.75, 3.05) is 32.1 Å². The highest BCUT2D eigenvalue weighted by Gasteiger charge is 2.42. The van der Waals surface area contributed by atoms with Crippen molar-refractivity contribution in [3.8, 4) is 5.88 Å². The first-order valence-corrected chi connectivity index (χ1v) is 20.5. The molecule has 1 aromatic heterocycles. The Kier molecular flexibility index (Phi) is 9.03. The third-order valence-electron chi connectivity index (χ3n) is 11.8. The largest absolute Gasteiger partial charge is 0.475 e. The lowest BCUT2D eigenvalue weighted by molar-refractivity contribution is -0.0687. The summed E-state index contributed by atoms with van der Waals surface area (Å²) in [6, 6.07) is 31.4. The number of anilines is 1. The number of methoxy groups -OCH3 is 1. The SMILES string of the molecule is COC1CN([C@@H]2COc3c(S(=O)(=NC(c4ccccc4)(c4ccccc4)c4ccccc4)NC(=O)Nc4c5c(cc6c4C(C)CC6)CCC5)cnn3C2)C1. The molecule has 2 amide bonds. The molecule has 3 heterocycles. The fraction of sp³-hybridized carbons (Fsp3) is 0.349. The van der Waals surface area contributed by atoms with Gasteiger partial charge in [0.15, 0.2) is 9.92 Å². The zero-order valence-electron chi connectivity index (χ0n) is 30.7. The van der Waals surface area contributed by atoms with E-state index in [-0.39, 0.29) is 17.0 Å². The zero-order valence-corrected chi connectivity index (χ0v) is 31.6. The summed E-state index contributed by atoms with van der Waals surface area (Å²) < 4.78 is 38.4. The number of urea groups is 1. The fourth-order valence-electron chi connectivity index (χ4n) is 8.92. The average molecular weight is 743 g/mol. The van der Waals surface area contributed by atoms with Gasteiger partial charge < -0.3 is 14.8 Å². The summed E-state index contributed by atoms with van der Waals surface area (Å²) in [4.78, 5) is 17.1. The number of likely N-dealkylation sites (tertiary alicyclic amines) is 1. The number of hydrogen-bond acceptors (Lipinski definition) is 7. The number of fused-ring (bicyclic) bond motifs is 3. The predicted octanol–water partition coefficient (Wildman–Crippen LogP) is 7.07. The van der Waals surface area contributed by atoms with Crippen molar-refractivity contribution >= 4 is 21.6 Å². The van der Waals surface area contributed by atoms with Crippen molar-refractivity contribution in [3.05, 3.63) is 142 Å². The Morgan fingerprint density at radius 1 is 0.907 bits per heavy atom. The lowest BCUT2D eigenvalue weighted by Crippen LogP contribution is -2.59. The number of amides is 2. The lowest BCUT2D eigenvalue weighted by atomic mass is 9.78. The van der Waals surface area contributed by atoms with Crippen LogP contribution in [0.2, 0.25) is 0 Å². The Bertz CT molecular complexity index is 2200. The summed E-state index contributed by atoms with van der Waals surface area (Å²) in [6.45, 7) is 4.80. The molecule has 10 nitrogen and oxygen atoms in total. The van der Waals surface area contributed by atoms with E-state index in [0.717, 1.165) is 67.6 Å². The Morgan fingerprint density at radius 2 is 1.56 bits per heavy atom. The van der Waals surface area contributed by atoms with Gasteiger partial charge in [-0.05, 0) is 77.0 Å². The Morgan fingerprint density at radius 3 is 2.19 bits per heavy atom. The summed E-state index contributed by atoms with van der Waals surface area (Å²) in [7, 11) is -2.11. The van der Waals surface area contributed by atoms with E-state index in [1.54, 1.807) is 18.0 Å². The lowest BCUT2D eigenvalue weighted by Gasteiger charge is -2.44. The van der Waals surface area contributed by atoms with Crippen molar-refractivity contribution in [3.63, 3.8) is 0 Å². The highest BCUT2D eigenvalue weighted by Crippen LogP contribution is 2.45. The van der Waals surface area contributed by atoms with Gasteiger partial charge in [-0.15, -0.1) is 0 Å². The van der Waals surface area contributed by atoms with Crippen LogP contribution in [0.4, 0.5) is 10.5 Å². The Hall–Kier alpha value is -4.97. The van der Waals surface area contributed by atoms with Crippen molar-refractivity contribution in [1.29, 1.82) is 0 Å². The Balaban J connectivity index is 1.21. The third kappa shape index (κ3) is 5.99. The number of aromatic nitrogens is 2. The molecule has 4 aliphatic rings. The summed E-state index contributed by atoms with van der Waals surface area (Å²) in [5.74, 6) is 0.661. The van der Waals surface area contributed by atoms with E-state index in [9.17, 15) is 4.79 Å². The van der Waals surface area contributed by atoms with Crippen LogP contribution in [0.1, 0.15) is 64.6 Å². The molecule has 0 bridgehead atoms. The molecule has 11 heteroatoms. The number of benzene rings is 4. The molecule has 0 radical (unpaired) electrons. The van der Waals surface area contributed by atoms with Crippen molar-refractivity contribution in [2.24, 2.45) is 4.36 Å². The molecule has 0 saturated carbocycles. The first kappa shape index (κ1) is 34.8. The molecule has 3 atom stereocenters. The molecule has 2 N–H and O–H groups in total.